The Kier molecular flexibility index (Phi) is 4.24. The molecule has 5 unspecified atom stereocenters. The largest absolute Gasteiger partial charge is 0.388 e. The number of hydrogen-bond donors (Lipinski definition) is 5. The van der Waals surface area contributed by atoms with Crippen molar-refractivity contribution in [2.45, 2.75) is 37.6 Å². The van der Waals surface area contributed by atoms with E-state index in [2.05, 4.69) is 5.32 Å². The van der Waals surface area contributed by atoms with Gasteiger partial charge in [-0.1, -0.05) is 0 Å². The summed E-state index contributed by atoms with van der Waals surface area (Å²) >= 11 is 0. The quantitative estimate of drug-likeness (QED) is 0.345. The van der Waals surface area contributed by atoms with E-state index in [9.17, 15) is 15.3 Å². The van der Waals surface area contributed by atoms with Gasteiger partial charge >= 0.3 is 0 Å². The fourth-order valence-corrected chi connectivity index (χ4v) is 1.45. The fourth-order valence-electron chi connectivity index (χ4n) is 1.45. The van der Waals surface area contributed by atoms with Crippen molar-refractivity contribution in [2.75, 3.05) is 13.1 Å². The van der Waals surface area contributed by atoms with Crippen LogP contribution in [0.25, 0.3) is 0 Å². The third-order valence-electron chi connectivity index (χ3n) is 2.34. The molecule has 0 aromatic heterocycles. The van der Waals surface area contributed by atoms with Crippen LogP contribution < -0.4 is 11.1 Å². The number of nitrogens with two attached hydrogens (primary N) is 1. The number of ether oxygens (including phenoxy) is 1. The van der Waals surface area contributed by atoms with Crippen molar-refractivity contribution in [2.24, 2.45) is 5.73 Å². The van der Waals surface area contributed by atoms with Gasteiger partial charge in [0.25, 0.3) is 0 Å². The highest BCUT2D eigenvalue weighted by molar-refractivity contribution is 4.89. The number of hydrogen-bond acceptors (Lipinski definition) is 6. The molecule has 84 valence electrons. The van der Waals surface area contributed by atoms with Gasteiger partial charge in [0.1, 0.15) is 24.5 Å². The Labute approximate surface area is 82.7 Å². The molecule has 0 bridgehead atoms. The number of rotatable bonds is 3. The number of nitrogens with one attached hydrogen (secondary N) is 1. The zero-order valence-corrected chi connectivity index (χ0v) is 8.13. The molecule has 0 aromatic carbocycles. The molecule has 1 aliphatic rings. The van der Waals surface area contributed by atoms with E-state index in [0.29, 0.717) is 13.1 Å². The van der Waals surface area contributed by atoms with E-state index in [0.717, 1.165) is 0 Å². The van der Waals surface area contributed by atoms with Gasteiger partial charge in [0.15, 0.2) is 0 Å². The first-order valence-electron chi connectivity index (χ1n) is 4.71. The van der Waals surface area contributed by atoms with E-state index in [1.165, 1.54) is 0 Å². The maximum Gasteiger partial charge on any atom is 0.137 e. The van der Waals surface area contributed by atoms with E-state index in [-0.39, 0.29) is 0 Å². The molecule has 1 aliphatic heterocycles. The first-order chi connectivity index (χ1) is 6.57. The molecule has 1 heterocycles. The van der Waals surface area contributed by atoms with Crippen molar-refractivity contribution in [1.29, 1.82) is 0 Å². The van der Waals surface area contributed by atoms with Crippen molar-refractivity contribution in [3.63, 3.8) is 0 Å². The molecule has 14 heavy (non-hydrogen) atoms. The molecule has 0 radical (unpaired) electrons. The lowest BCUT2D eigenvalue weighted by Crippen LogP contribution is -2.61. The minimum absolute atomic E-state index is 0.416. The predicted molar refractivity (Wildman–Crippen MR) is 49.4 cm³/mol. The Hall–Kier alpha value is -0.240. The van der Waals surface area contributed by atoms with Crippen molar-refractivity contribution in [3.05, 3.63) is 0 Å². The van der Waals surface area contributed by atoms with Crippen LogP contribution in [0.1, 0.15) is 6.92 Å². The summed E-state index contributed by atoms with van der Waals surface area (Å²) in [5.74, 6) is 0. The van der Waals surface area contributed by atoms with Gasteiger partial charge in [-0.25, -0.2) is 0 Å². The number of aliphatic hydroxyl groups is 3. The number of aliphatic hydroxyl groups excluding tert-OH is 3. The van der Waals surface area contributed by atoms with Crippen LogP contribution in [0.5, 0.6) is 0 Å². The Morgan fingerprint density at radius 1 is 1.21 bits per heavy atom. The molecule has 0 aliphatic carbocycles. The highest BCUT2D eigenvalue weighted by Gasteiger charge is 2.41. The summed E-state index contributed by atoms with van der Waals surface area (Å²) in [5.41, 5.74) is 5.28. The molecule has 1 rings (SSSR count). The van der Waals surface area contributed by atoms with E-state index >= 15 is 0 Å². The van der Waals surface area contributed by atoms with E-state index in [1.54, 1.807) is 6.92 Å². The molecular weight excluding hydrogens is 188 g/mol. The third kappa shape index (κ3) is 2.41. The fraction of sp³-hybridized carbons (Fsp3) is 1.00. The summed E-state index contributed by atoms with van der Waals surface area (Å²) in [6.45, 7) is 2.54. The average molecular weight is 206 g/mol. The molecular formula is C8H18N2O4. The van der Waals surface area contributed by atoms with Crippen LogP contribution in [0, 0.1) is 0 Å². The van der Waals surface area contributed by atoms with Crippen molar-refractivity contribution < 1.29 is 20.1 Å². The van der Waals surface area contributed by atoms with Gasteiger partial charge in [0.2, 0.25) is 0 Å². The van der Waals surface area contributed by atoms with Gasteiger partial charge in [-0.2, -0.15) is 0 Å². The average Bonchev–Trinajstić information content (AvgIpc) is 2.18. The van der Waals surface area contributed by atoms with Gasteiger partial charge in [-0.15, -0.1) is 0 Å². The molecule has 6 nitrogen and oxygen atoms in total. The molecule has 0 spiro atoms. The van der Waals surface area contributed by atoms with Crippen molar-refractivity contribution in [1.82, 2.24) is 5.32 Å². The van der Waals surface area contributed by atoms with E-state index in [4.69, 9.17) is 10.5 Å². The molecule has 6 heteroatoms. The molecule has 1 fully saturated rings. The second-order valence-corrected chi connectivity index (χ2v) is 3.48. The van der Waals surface area contributed by atoms with Gasteiger partial charge in [-0.05, 0) is 6.92 Å². The van der Waals surface area contributed by atoms with Crippen molar-refractivity contribution >= 4 is 0 Å². The topological polar surface area (TPSA) is 108 Å². The highest BCUT2D eigenvalue weighted by Crippen LogP contribution is 2.19. The lowest BCUT2D eigenvalue weighted by atomic mass is 9.99. The maximum absolute atomic E-state index is 9.51. The van der Waals surface area contributed by atoms with Crippen LogP contribution >= 0.6 is 0 Å². The highest BCUT2D eigenvalue weighted by atomic mass is 16.5. The lowest BCUT2D eigenvalue weighted by Gasteiger charge is -2.39. The van der Waals surface area contributed by atoms with Crippen LogP contribution in [0.2, 0.25) is 0 Å². The summed E-state index contributed by atoms with van der Waals surface area (Å²) in [5, 5.41) is 31.2. The maximum atomic E-state index is 9.51. The first kappa shape index (κ1) is 11.8. The molecule has 1 saturated heterocycles. The summed E-state index contributed by atoms with van der Waals surface area (Å²) in [4.78, 5) is 0. The summed E-state index contributed by atoms with van der Waals surface area (Å²) in [7, 11) is 0. The Bertz CT molecular complexity index is 181. The zero-order valence-electron chi connectivity index (χ0n) is 8.13. The normalized spacial score (nSPS) is 43.9. The van der Waals surface area contributed by atoms with Crippen molar-refractivity contribution in [3.8, 4) is 0 Å². The molecule has 0 aromatic rings. The van der Waals surface area contributed by atoms with E-state index < -0.39 is 30.6 Å². The SMILES string of the molecule is CC1OC(NCCN)C(O)C(O)C1O. The van der Waals surface area contributed by atoms with Crippen LogP contribution in [-0.4, -0.2) is 59.1 Å². The zero-order chi connectivity index (χ0) is 10.7. The van der Waals surface area contributed by atoms with Crippen LogP contribution in [-0.2, 0) is 4.74 Å². The van der Waals surface area contributed by atoms with Crippen LogP contribution in [0.15, 0.2) is 0 Å². The standard InChI is InChI=1S/C8H18N2O4/c1-4-5(11)6(12)7(13)8(14-4)10-3-2-9/h4-8,10-13H,2-3,9H2,1H3. The minimum atomic E-state index is -1.19. The first-order valence-corrected chi connectivity index (χ1v) is 4.71. The lowest BCUT2D eigenvalue weighted by molar-refractivity contribution is -0.224. The van der Waals surface area contributed by atoms with Gasteiger partial charge < -0.3 is 25.8 Å². The Morgan fingerprint density at radius 3 is 2.43 bits per heavy atom. The smallest absolute Gasteiger partial charge is 0.137 e. The third-order valence-corrected chi connectivity index (χ3v) is 2.34. The minimum Gasteiger partial charge on any atom is -0.388 e. The Morgan fingerprint density at radius 2 is 1.86 bits per heavy atom. The molecule has 0 amide bonds. The summed E-state index contributed by atoms with van der Waals surface area (Å²) < 4.78 is 5.26. The van der Waals surface area contributed by atoms with Gasteiger partial charge in [0.05, 0.1) is 6.10 Å². The second-order valence-electron chi connectivity index (χ2n) is 3.48. The predicted octanol–water partition coefficient (Wildman–Crippen LogP) is -2.64. The van der Waals surface area contributed by atoms with Gasteiger partial charge in [0, 0.05) is 13.1 Å². The summed E-state index contributed by atoms with van der Waals surface area (Å²) in [6, 6.07) is 0. The molecule has 6 N–H and O–H groups in total. The van der Waals surface area contributed by atoms with Gasteiger partial charge in [-0.3, -0.25) is 5.32 Å². The monoisotopic (exact) mass is 206 g/mol. The molecule has 5 atom stereocenters. The van der Waals surface area contributed by atoms with Crippen LogP contribution in [0.4, 0.5) is 0 Å². The summed E-state index contributed by atoms with van der Waals surface area (Å²) in [6.07, 6.45) is -4.56. The second kappa shape index (κ2) is 5.01. The molecule has 0 saturated carbocycles. The Balaban J connectivity index is 2.52. The van der Waals surface area contributed by atoms with E-state index in [1.807, 2.05) is 0 Å². The van der Waals surface area contributed by atoms with Crippen LogP contribution in [0.3, 0.4) is 0 Å².